The lowest BCUT2D eigenvalue weighted by Crippen LogP contribution is -1.95. The first kappa shape index (κ1) is 10.5. The predicted molar refractivity (Wildman–Crippen MR) is 56.2 cm³/mol. The zero-order valence-electron chi connectivity index (χ0n) is 8.18. The van der Waals surface area contributed by atoms with Gasteiger partial charge in [0.25, 0.3) is 0 Å². The van der Waals surface area contributed by atoms with Crippen molar-refractivity contribution in [3.8, 4) is 11.1 Å². The van der Waals surface area contributed by atoms with Crippen molar-refractivity contribution in [1.82, 2.24) is 0 Å². The third-order valence-corrected chi connectivity index (χ3v) is 2.28. The van der Waals surface area contributed by atoms with Gasteiger partial charge in [-0.2, -0.15) is 0 Å². The van der Waals surface area contributed by atoms with E-state index in [9.17, 15) is 13.2 Å². The van der Waals surface area contributed by atoms with Crippen LogP contribution in [0.1, 0.15) is 0 Å². The number of hydrogen-bond donors (Lipinski definition) is 1. The van der Waals surface area contributed by atoms with Gasteiger partial charge in [-0.25, -0.2) is 13.2 Å². The topological polar surface area (TPSA) is 26.0 Å². The molecule has 0 saturated heterocycles. The first-order valence-corrected chi connectivity index (χ1v) is 4.59. The fraction of sp³-hybridized carbons (Fsp3) is 0. The summed E-state index contributed by atoms with van der Waals surface area (Å²) in [4.78, 5) is 0. The summed E-state index contributed by atoms with van der Waals surface area (Å²) in [5.74, 6) is -2.51. The summed E-state index contributed by atoms with van der Waals surface area (Å²) in [7, 11) is 0. The highest BCUT2D eigenvalue weighted by atomic mass is 19.2. The summed E-state index contributed by atoms with van der Waals surface area (Å²) in [5.41, 5.74) is 6.13. The van der Waals surface area contributed by atoms with Crippen LogP contribution in [0.2, 0.25) is 0 Å². The van der Waals surface area contributed by atoms with Crippen LogP contribution in [0.15, 0.2) is 36.4 Å². The molecule has 2 rings (SSSR count). The predicted octanol–water partition coefficient (Wildman–Crippen LogP) is 3.35. The summed E-state index contributed by atoms with van der Waals surface area (Å²) >= 11 is 0. The van der Waals surface area contributed by atoms with Crippen molar-refractivity contribution >= 4 is 5.69 Å². The van der Waals surface area contributed by atoms with Crippen LogP contribution in [0.5, 0.6) is 0 Å². The Kier molecular flexibility index (Phi) is 2.56. The quantitative estimate of drug-likeness (QED) is 0.737. The molecule has 0 amide bonds. The molecule has 82 valence electrons. The number of hydrogen-bond acceptors (Lipinski definition) is 1. The zero-order valence-corrected chi connectivity index (χ0v) is 8.18. The molecule has 2 N–H and O–H groups in total. The maximum Gasteiger partial charge on any atom is 0.159 e. The average molecular weight is 223 g/mol. The maximum atomic E-state index is 13.2. The Bertz CT molecular complexity index is 538. The highest BCUT2D eigenvalue weighted by Gasteiger charge is 2.09. The van der Waals surface area contributed by atoms with Gasteiger partial charge >= 0.3 is 0 Å². The first-order valence-electron chi connectivity index (χ1n) is 4.59. The Morgan fingerprint density at radius 3 is 2.25 bits per heavy atom. The van der Waals surface area contributed by atoms with Crippen molar-refractivity contribution in [3.05, 3.63) is 53.8 Å². The van der Waals surface area contributed by atoms with E-state index in [1.807, 2.05) is 0 Å². The van der Waals surface area contributed by atoms with Crippen LogP contribution >= 0.6 is 0 Å². The first-order chi connectivity index (χ1) is 7.59. The lowest BCUT2D eigenvalue weighted by atomic mass is 10.0. The van der Waals surface area contributed by atoms with Crippen LogP contribution in [-0.4, -0.2) is 0 Å². The lowest BCUT2D eigenvalue weighted by molar-refractivity contribution is 0.509. The molecule has 16 heavy (non-hydrogen) atoms. The average Bonchev–Trinajstić information content (AvgIpc) is 2.26. The molecule has 0 fully saturated rings. The van der Waals surface area contributed by atoms with Gasteiger partial charge in [-0.3, -0.25) is 0 Å². The third-order valence-electron chi connectivity index (χ3n) is 2.28. The second-order valence-corrected chi connectivity index (χ2v) is 3.33. The minimum atomic E-state index is -0.985. The van der Waals surface area contributed by atoms with Gasteiger partial charge in [-0.05, 0) is 23.8 Å². The van der Waals surface area contributed by atoms with Crippen molar-refractivity contribution in [3.63, 3.8) is 0 Å². The number of nitrogen functional groups attached to an aromatic ring is 1. The van der Waals surface area contributed by atoms with E-state index in [4.69, 9.17) is 5.73 Å². The fourth-order valence-corrected chi connectivity index (χ4v) is 1.45. The summed E-state index contributed by atoms with van der Waals surface area (Å²) in [6.07, 6.45) is 0. The normalized spacial score (nSPS) is 10.4. The molecule has 0 aliphatic rings. The van der Waals surface area contributed by atoms with E-state index in [-0.39, 0.29) is 5.69 Å². The van der Waals surface area contributed by atoms with Gasteiger partial charge in [0.2, 0.25) is 0 Å². The minimum Gasteiger partial charge on any atom is -0.396 e. The molecule has 0 saturated carbocycles. The maximum absolute atomic E-state index is 13.2. The molecule has 1 nitrogen and oxygen atoms in total. The zero-order chi connectivity index (χ0) is 11.7. The smallest absolute Gasteiger partial charge is 0.159 e. The van der Waals surface area contributed by atoms with E-state index in [1.165, 1.54) is 18.2 Å². The SMILES string of the molecule is Nc1c(F)cccc1-c1ccc(F)c(F)c1. The summed E-state index contributed by atoms with van der Waals surface area (Å²) in [5, 5.41) is 0. The Hall–Kier alpha value is -1.97. The molecule has 2 aromatic carbocycles. The number of anilines is 1. The lowest BCUT2D eigenvalue weighted by Gasteiger charge is -2.06. The van der Waals surface area contributed by atoms with E-state index < -0.39 is 17.5 Å². The van der Waals surface area contributed by atoms with Crippen LogP contribution in [0.3, 0.4) is 0 Å². The summed E-state index contributed by atoms with van der Waals surface area (Å²) in [6.45, 7) is 0. The largest absolute Gasteiger partial charge is 0.396 e. The van der Waals surface area contributed by atoms with Crippen LogP contribution in [0.4, 0.5) is 18.9 Å². The van der Waals surface area contributed by atoms with Gasteiger partial charge in [-0.15, -0.1) is 0 Å². The van der Waals surface area contributed by atoms with Crippen LogP contribution in [0, 0.1) is 17.5 Å². The summed E-state index contributed by atoms with van der Waals surface area (Å²) < 4.78 is 38.9. The monoisotopic (exact) mass is 223 g/mol. The molecule has 0 spiro atoms. The Labute approximate surface area is 90.3 Å². The third kappa shape index (κ3) is 1.74. The molecule has 2 aromatic rings. The van der Waals surface area contributed by atoms with Gasteiger partial charge < -0.3 is 5.73 Å². The van der Waals surface area contributed by atoms with Crippen LogP contribution < -0.4 is 5.73 Å². The van der Waals surface area contributed by atoms with Crippen molar-refractivity contribution in [2.45, 2.75) is 0 Å². The fourth-order valence-electron chi connectivity index (χ4n) is 1.45. The van der Waals surface area contributed by atoms with Gasteiger partial charge in [0, 0.05) is 5.56 Å². The highest BCUT2D eigenvalue weighted by molar-refractivity contribution is 5.76. The number of para-hydroxylation sites is 1. The number of rotatable bonds is 1. The second-order valence-electron chi connectivity index (χ2n) is 3.33. The molecule has 4 heteroatoms. The molecule has 0 aliphatic heterocycles. The molecule has 0 bridgehead atoms. The molecule has 0 unspecified atom stereocenters. The Balaban J connectivity index is 2.59. The number of nitrogens with two attached hydrogens (primary N) is 1. The number of halogens is 3. The Morgan fingerprint density at radius 2 is 1.56 bits per heavy atom. The van der Waals surface area contributed by atoms with E-state index in [0.717, 1.165) is 12.1 Å². The van der Waals surface area contributed by atoms with Crippen molar-refractivity contribution in [2.24, 2.45) is 0 Å². The molecule has 0 aliphatic carbocycles. The molecule has 0 aromatic heterocycles. The van der Waals surface area contributed by atoms with Crippen molar-refractivity contribution in [2.75, 3.05) is 5.73 Å². The van der Waals surface area contributed by atoms with E-state index in [0.29, 0.717) is 11.1 Å². The molecular formula is C12H8F3N. The molecule has 0 atom stereocenters. The van der Waals surface area contributed by atoms with Gasteiger partial charge in [0.1, 0.15) is 5.82 Å². The highest BCUT2D eigenvalue weighted by Crippen LogP contribution is 2.28. The standard InChI is InChI=1S/C12H8F3N/c13-9-5-4-7(6-11(9)15)8-2-1-3-10(14)12(8)16/h1-6H,16H2. The number of benzene rings is 2. The molecular weight excluding hydrogens is 215 g/mol. The molecule has 0 radical (unpaired) electrons. The van der Waals surface area contributed by atoms with Gasteiger partial charge in [-0.1, -0.05) is 18.2 Å². The van der Waals surface area contributed by atoms with E-state index >= 15 is 0 Å². The second kappa shape index (κ2) is 3.89. The summed E-state index contributed by atoms with van der Waals surface area (Å²) in [6, 6.07) is 7.53. The van der Waals surface area contributed by atoms with E-state index in [2.05, 4.69) is 0 Å². The molecule has 0 heterocycles. The minimum absolute atomic E-state index is 0.0755. The van der Waals surface area contributed by atoms with Crippen LogP contribution in [-0.2, 0) is 0 Å². The van der Waals surface area contributed by atoms with Crippen LogP contribution in [0.25, 0.3) is 11.1 Å². The Morgan fingerprint density at radius 1 is 0.812 bits per heavy atom. The van der Waals surface area contributed by atoms with Gasteiger partial charge in [0.05, 0.1) is 5.69 Å². The van der Waals surface area contributed by atoms with Crippen molar-refractivity contribution in [1.29, 1.82) is 0 Å². The van der Waals surface area contributed by atoms with E-state index in [1.54, 1.807) is 6.07 Å². The van der Waals surface area contributed by atoms with Crippen molar-refractivity contribution < 1.29 is 13.2 Å². The van der Waals surface area contributed by atoms with Gasteiger partial charge in [0.15, 0.2) is 11.6 Å².